The van der Waals surface area contributed by atoms with Gasteiger partial charge in [0, 0.05) is 5.02 Å². The largest absolute Gasteiger partial charge is 0.496 e. The zero-order valence-corrected chi connectivity index (χ0v) is 22.4. The molecule has 6 nitrogen and oxygen atoms in total. The number of hydrogen-bond donors (Lipinski definition) is 1. The van der Waals surface area contributed by atoms with Gasteiger partial charge in [0.1, 0.15) is 11.8 Å². The third-order valence-electron chi connectivity index (χ3n) is 5.54. The van der Waals surface area contributed by atoms with Crippen LogP contribution in [-0.4, -0.2) is 33.7 Å². The fourth-order valence-electron chi connectivity index (χ4n) is 3.89. The van der Waals surface area contributed by atoms with Crippen LogP contribution in [0.2, 0.25) is 10.0 Å². The SMILES string of the molecule is CC[C@H](C(=O)N[C@H](C)c1cc(C(C)C)c(OC)cc1C)N(c1cc(Cl)ccc1Cl)S(C)(=O)=O. The number of halogens is 2. The van der Waals surface area contributed by atoms with Gasteiger partial charge in [0.15, 0.2) is 0 Å². The second-order valence-corrected chi connectivity index (χ2v) is 11.1. The van der Waals surface area contributed by atoms with Gasteiger partial charge >= 0.3 is 0 Å². The van der Waals surface area contributed by atoms with Gasteiger partial charge in [-0.2, -0.15) is 0 Å². The van der Waals surface area contributed by atoms with Crippen LogP contribution < -0.4 is 14.4 Å². The molecule has 0 aliphatic rings. The summed E-state index contributed by atoms with van der Waals surface area (Å²) in [6, 6.07) is 7.17. The molecule has 0 unspecified atom stereocenters. The van der Waals surface area contributed by atoms with Gasteiger partial charge in [-0.3, -0.25) is 9.10 Å². The van der Waals surface area contributed by atoms with Gasteiger partial charge < -0.3 is 10.1 Å². The average molecular weight is 516 g/mol. The van der Waals surface area contributed by atoms with Gasteiger partial charge in [0.05, 0.1) is 30.1 Å². The lowest BCUT2D eigenvalue weighted by molar-refractivity contribution is -0.122. The number of benzene rings is 2. The van der Waals surface area contributed by atoms with Gasteiger partial charge in [-0.1, -0.05) is 44.0 Å². The zero-order chi connectivity index (χ0) is 25.1. The summed E-state index contributed by atoms with van der Waals surface area (Å²) in [5, 5.41) is 3.50. The van der Waals surface area contributed by atoms with Crippen LogP contribution in [-0.2, 0) is 14.8 Å². The Kier molecular flexibility index (Phi) is 9.08. The highest BCUT2D eigenvalue weighted by Gasteiger charge is 2.33. The quantitative estimate of drug-likeness (QED) is 0.454. The molecule has 0 heterocycles. The third kappa shape index (κ3) is 6.34. The predicted molar refractivity (Wildman–Crippen MR) is 136 cm³/mol. The van der Waals surface area contributed by atoms with Gasteiger partial charge in [0.2, 0.25) is 15.9 Å². The highest BCUT2D eigenvalue weighted by Crippen LogP contribution is 2.34. The van der Waals surface area contributed by atoms with Crippen LogP contribution >= 0.6 is 23.2 Å². The summed E-state index contributed by atoms with van der Waals surface area (Å²) in [5.41, 5.74) is 3.11. The molecule has 1 amide bonds. The Morgan fingerprint density at radius 1 is 1.12 bits per heavy atom. The number of anilines is 1. The van der Waals surface area contributed by atoms with E-state index in [-0.39, 0.29) is 29.1 Å². The molecule has 1 N–H and O–H groups in total. The molecule has 0 aliphatic carbocycles. The van der Waals surface area contributed by atoms with E-state index in [9.17, 15) is 13.2 Å². The van der Waals surface area contributed by atoms with E-state index in [0.29, 0.717) is 5.02 Å². The van der Waals surface area contributed by atoms with E-state index in [2.05, 4.69) is 19.2 Å². The number of hydrogen-bond acceptors (Lipinski definition) is 4. The first kappa shape index (κ1) is 27.3. The van der Waals surface area contributed by atoms with Gasteiger partial charge in [-0.05, 0) is 73.2 Å². The average Bonchev–Trinajstić information content (AvgIpc) is 2.72. The lowest BCUT2D eigenvalue weighted by Gasteiger charge is -2.32. The second-order valence-electron chi connectivity index (χ2n) is 8.41. The first-order valence-electron chi connectivity index (χ1n) is 10.7. The van der Waals surface area contributed by atoms with Crippen LogP contribution in [0.15, 0.2) is 30.3 Å². The number of aryl methyl sites for hydroxylation is 1. The molecule has 2 aromatic carbocycles. The molecular weight excluding hydrogens is 483 g/mol. The molecule has 0 saturated carbocycles. The Bertz CT molecular complexity index is 1120. The molecule has 2 aromatic rings. The van der Waals surface area contributed by atoms with Crippen LogP contribution in [0.1, 0.15) is 62.8 Å². The smallest absolute Gasteiger partial charge is 0.244 e. The maximum absolute atomic E-state index is 13.4. The summed E-state index contributed by atoms with van der Waals surface area (Å²) >= 11 is 12.4. The third-order valence-corrected chi connectivity index (χ3v) is 7.26. The van der Waals surface area contributed by atoms with Crippen molar-refractivity contribution in [2.45, 2.75) is 59.0 Å². The Hall–Kier alpha value is -1.96. The first-order valence-corrected chi connectivity index (χ1v) is 13.3. The molecule has 9 heteroatoms. The molecule has 0 aliphatic heterocycles. The molecule has 0 radical (unpaired) electrons. The van der Waals surface area contributed by atoms with Crippen molar-refractivity contribution in [1.29, 1.82) is 0 Å². The fraction of sp³-hybridized carbons (Fsp3) is 0.458. The van der Waals surface area contributed by atoms with Crippen molar-refractivity contribution in [3.63, 3.8) is 0 Å². The number of ether oxygens (including phenoxy) is 1. The minimum absolute atomic E-state index is 0.170. The number of sulfonamides is 1. The van der Waals surface area contributed by atoms with Gasteiger partial charge in [-0.25, -0.2) is 8.42 Å². The Labute approximate surface area is 207 Å². The lowest BCUT2D eigenvalue weighted by atomic mass is 9.93. The first-order chi connectivity index (χ1) is 15.3. The predicted octanol–water partition coefficient (Wildman–Crippen LogP) is 5.86. The number of nitrogens with zero attached hydrogens (tertiary/aromatic N) is 1. The van der Waals surface area contributed by atoms with Crippen molar-refractivity contribution < 1.29 is 17.9 Å². The fourth-order valence-corrected chi connectivity index (χ4v) is 5.53. The highest BCUT2D eigenvalue weighted by molar-refractivity contribution is 7.92. The minimum atomic E-state index is -3.84. The molecule has 0 saturated heterocycles. The standard InChI is InChI=1S/C24H32Cl2N2O4S/c1-8-21(28(33(7,30)31)22-12-17(25)9-10-20(22)26)24(29)27-16(5)19-13-18(14(2)3)23(32-6)11-15(19)4/h9-14,16,21H,8H2,1-7H3,(H,27,29)/t16-,21-/m1/s1. The number of amides is 1. The Balaban J connectivity index is 2.44. The monoisotopic (exact) mass is 514 g/mol. The topological polar surface area (TPSA) is 75.7 Å². The van der Waals surface area contributed by atoms with Crippen molar-refractivity contribution in [2.75, 3.05) is 17.7 Å². The normalized spacial score (nSPS) is 13.5. The molecule has 0 spiro atoms. The van der Waals surface area contributed by atoms with E-state index in [1.165, 1.54) is 12.1 Å². The van der Waals surface area contributed by atoms with Crippen molar-refractivity contribution in [3.8, 4) is 5.75 Å². The number of carbonyl (C=O) groups excluding carboxylic acids is 1. The van der Waals surface area contributed by atoms with E-state index in [0.717, 1.165) is 33.0 Å². The number of methoxy groups -OCH3 is 1. The van der Waals surface area contributed by atoms with Crippen molar-refractivity contribution in [1.82, 2.24) is 5.32 Å². The van der Waals surface area contributed by atoms with Crippen LogP contribution in [0.3, 0.4) is 0 Å². The summed E-state index contributed by atoms with van der Waals surface area (Å²) in [5.74, 6) is 0.610. The van der Waals surface area contributed by atoms with E-state index in [4.69, 9.17) is 27.9 Å². The molecular formula is C24H32Cl2N2O4S. The summed E-state index contributed by atoms with van der Waals surface area (Å²) in [4.78, 5) is 13.4. The molecule has 0 aromatic heterocycles. The molecule has 182 valence electrons. The van der Waals surface area contributed by atoms with Crippen LogP contribution in [0.25, 0.3) is 0 Å². The van der Waals surface area contributed by atoms with Crippen molar-refractivity contribution in [2.24, 2.45) is 0 Å². The van der Waals surface area contributed by atoms with Crippen LogP contribution in [0.4, 0.5) is 5.69 Å². The van der Waals surface area contributed by atoms with Crippen LogP contribution in [0, 0.1) is 6.92 Å². The Morgan fingerprint density at radius 2 is 1.76 bits per heavy atom. The number of nitrogens with one attached hydrogen (secondary N) is 1. The maximum atomic E-state index is 13.4. The zero-order valence-electron chi connectivity index (χ0n) is 20.1. The van der Waals surface area contributed by atoms with Crippen molar-refractivity contribution >= 4 is 44.8 Å². The van der Waals surface area contributed by atoms with E-state index in [1.54, 1.807) is 20.1 Å². The maximum Gasteiger partial charge on any atom is 0.244 e. The molecule has 0 bridgehead atoms. The highest BCUT2D eigenvalue weighted by atomic mass is 35.5. The molecule has 2 rings (SSSR count). The van der Waals surface area contributed by atoms with Gasteiger partial charge in [-0.15, -0.1) is 0 Å². The van der Waals surface area contributed by atoms with E-state index in [1.807, 2.05) is 26.0 Å². The molecule has 0 fully saturated rings. The minimum Gasteiger partial charge on any atom is -0.496 e. The Morgan fingerprint density at radius 3 is 2.27 bits per heavy atom. The van der Waals surface area contributed by atoms with E-state index >= 15 is 0 Å². The molecule has 33 heavy (non-hydrogen) atoms. The van der Waals surface area contributed by atoms with Gasteiger partial charge in [0.25, 0.3) is 0 Å². The summed E-state index contributed by atoms with van der Waals surface area (Å²) in [7, 11) is -2.20. The molecule has 2 atom stereocenters. The van der Waals surface area contributed by atoms with Crippen LogP contribution in [0.5, 0.6) is 5.75 Å². The number of carbonyl (C=O) groups is 1. The number of rotatable bonds is 9. The summed E-state index contributed by atoms with van der Waals surface area (Å²) in [6.07, 6.45) is 1.29. The summed E-state index contributed by atoms with van der Waals surface area (Å²) < 4.78 is 32.0. The lowest BCUT2D eigenvalue weighted by Crippen LogP contribution is -2.50. The van der Waals surface area contributed by atoms with Crippen molar-refractivity contribution in [3.05, 3.63) is 57.1 Å². The van der Waals surface area contributed by atoms with E-state index < -0.39 is 22.0 Å². The summed E-state index contributed by atoms with van der Waals surface area (Å²) in [6.45, 7) is 9.73. The second kappa shape index (κ2) is 11.0.